The van der Waals surface area contributed by atoms with E-state index in [1.54, 1.807) is 6.07 Å². The number of rotatable bonds is 3. The predicted octanol–water partition coefficient (Wildman–Crippen LogP) is 1.71. The van der Waals surface area contributed by atoms with Gasteiger partial charge >= 0.3 is 0 Å². The summed E-state index contributed by atoms with van der Waals surface area (Å²) in [7, 11) is 1.99. The van der Waals surface area contributed by atoms with E-state index in [9.17, 15) is 0 Å². The number of nitrogens with zero attached hydrogens (tertiary/aromatic N) is 3. The second-order valence-electron chi connectivity index (χ2n) is 4.11. The third-order valence-corrected chi connectivity index (χ3v) is 3.18. The molecular formula is C11H17ClN4. The van der Waals surface area contributed by atoms with Crippen molar-refractivity contribution in [2.75, 3.05) is 25.0 Å². The van der Waals surface area contributed by atoms with Gasteiger partial charge in [-0.15, -0.1) is 10.2 Å². The molecule has 88 valence electrons. The van der Waals surface area contributed by atoms with Gasteiger partial charge in [0.25, 0.3) is 0 Å². The van der Waals surface area contributed by atoms with E-state index in [1.165, 1.54) is 19.3 Å². The van der Waals surface area contributed by atoms with Crippen LogP contribution in [0.1, 0.15) is 19.3 Å². The number of hydrogen-bond acceptors (Lipinski definition) is 4. The Kier molecular flexibility index (Phi) is 3.96. The molecule has 16 heavy (non-hydrogen) atoms. The van der Waals surface area contributed by atoms with Crippen LogP contribution in [0.3, 0.4) is 0 Å². The molecule has 0 bridgehead atoms. The summed E-state index contributed by atoms with van der Waals surface area (Å²) in [6.07, 6.45) is 3.74. The largest absolute Gasteiger partial charge is 0.351 e. The summed E-state index contributed by atoms with van der Waals surface area (Å²) in [6.45, 7) is 2.05. The van der Waals surface area contributed by atoms with Crippen molar-refractivity contribution in [1.29, 1.82) is 0 Å². The average molecular weight is 241 g/mol. The first-order chi connectivity index (χ1) is 7.81. The van der Waals surface area contributed by atoms with Crippen LogP contribution in [0.2, 0.25) is 5.15 Å². The zero-order valence-electron chi connectivity index (χ0n) is 9.49. The minimum Gasteiger partial charge on any atom is -0.351 e. The van der Waals surface area contributed by atoms with Gasteiger partial charge in [0.05, 0.1) is 0 Å². The van der Waals surface area contributed by atoms with Gasteiger partial charge in [0, 0.05) is 19.1 Å². The molecular weight excluding hydrogens is 224 g/mol. The summed E-state index contributed by atoms with van der Waals surface area (Å²) in [5, 5.41) is 11.7. The Labute approximate surface area is 101 Å². The van der Waals surface area contributed by atoms with Crippen LogP contribution < -0.4 is 10.2 Å². The van der Waals surface area contributed by atoms with Crippen molar-refractivity contribution in [2.45, 2.75) is 25.3 Å². The van der Waals surface area contributed by atoms with E-state index in [4.69, 9.17) is 11.6 Å². The van der Waals surface area contributed by atoms with Gasteiger partial charge < -0.3 is 10.2 Å². The van der Waals surface area contributed by atoms with E-state index in [0.717, 1.165) is 18.9 Å². The Morgan fingerprint density at radius 2 is 2.31 bits per heavy atom. The van der Waals surface area contributed by atoms with E-state index < -0.39 is 0 Å². The Bertz CT molecular complexity index is 325. The normalized spacial score (nSPS) is 21.1. The Morgan fingerprint density at radius 1 is 1.44 bits per heavy atom. The highest BCUT2D eigenvalue weighted by Gasteiger charge is 2.22. The maximum absolute atomic E-state index is 5.74. The lowest BCUT2D eigenvalue weighted by molar-refractivity contribution is 0.442. The molecule has 1 aliphatic rings. The fourth-order valence-corrected chi connectivity index (χ4v) is 2.31. The van der Waals surface area contributed by atoms with Crippen molar-refractivity contribution in [3.05, 3.63) is 17.3 Å². The second-order valence-corrected chi connectivity index (χ2v) is 4.50. The molecule has 2 heterocycles. The molecule has 1 saturated heterocycles. The Balaban J connectivity index is 2.13. The maximum Gasteiger partial charge on any atom is 0.151 e. The number of anilines is 1. The van der Waals surface area contributed by atoms with Crippen LogP contribution in [0, 0.1) is 0 Å². The van der Waals surface area contributed by atoms with Gasteiger partial charge in [-0.3, -0.25) is 0 Å². The van der Waals surface area contributed by atoms with Crippen LogP contribution in [0.15, 0.2) is 12.1 Å². The maximum atomic E-state index is 5.74. The number of hydrogen-bond donors (Lipinski definition) is 1. The lowest BCUT2D eigenvalue weighted by Crippen LogP contribution is -2.45. The average Bonchev–Trinajstić information content (AvgIpc) is 2.32. The molecule has 1 aliphatic heterocycles. The Morgan fingerprint density at radius 3 is 3.00 bits per heavy atom. The van der Waals surface area contributed by atoms with Crippen molar-refractivity contribution in [3.8, 4) is 0 Å². The number of nitrogens with one attached hydrogen (secondary N) is 1. The minimum absolute atomic E-state index is 0.450. The molecule has 0 radical (unpaired) electrons. The zero-order valence-corrected chi connectivity index (χ0v) is 10.2. The molecule has 0 aromatic carbocycles. The summed E-state index contributed by atoms with van der Waals surface area (Å²) in [5.41, 5.74) is 0. The lowest BCUT2D eigenvalue weighted by Gasteiger charge is -2.36. The van der Waals surface area contributed by atoms with Crippen molar-refractivity contribution < 1.29 is 0 Å². The molecule has 1 N–H and O–H groups in total. The fourth-order valence-electron chi connectivity index (χ4n) is 2.21. The third-order valence-electron chi connectivity index (χ3n) is 2.98. The molecule has 1 aromatic rings. The van der Waals surface area contributed by atoms with Gasteiger partial charge in [0.2, 0.25) is 0 Å². The second kappa shape index (κ2) is 5.46. The van der Waals surface area contributed by atoms with Gasteiger partial charge in [0.1, 0.15) is 0 Å². The number of piperidine rings is 1. The molecule has 0 amide bonds. The third kappa shape index (κ3) is 2.62. The van der Waals surface area contributed by atoms with E-state index in [0.29, 0.717) is 11.2 Å². The van der Waals surface area contributed by atoms with Gasteiger partial charge in [-0.1, -0.05) is 11.6 Å². The molecule has 0 saturated carbocycles. The van der Waals surface area contributed by atoms with E-state index in [1.807, 2.05) is 13.1 Å². The molecule has 1 fully saturated rings. The molecule has 1 aromatic heterocycles. The number of aromatic nitrogens is 2. The SMILES string of the molecule is CNCC1CCCCN1c1ccc(Cl)nn1. The van der Waals surface area contributed by atoms with Gasteiger partial charge in [-0.25, -0.2) is 0 Å². The molecule has 5 heteroatoms. The summed E-state index contributed by atoms with van der Waals surface area (Å²) < 4.78 is 0. The van der Waals surface area contributed by atoms with E-state index in [-0.39, 0.29) is 0 Å². The number of halogens is 1. The molecule has 1 atom stereocenters. The van der Waals surface area contributed by atoms with Crippen molar-refractivity contribution in [2.24, 2.45) is 0 Å². The van der Waals surface area contributed by atoms with Crippen molar-refractivity contribution >= 4 is 17.4 Å². The van der Waals surface area contributed by atoms with E-state index in [2.05, 4.69) is 20.4 Å². The summed E-state index contributed by atoms with van der Waals surface area (Å²) >= 11 is 5.74. The van der Waals surface area contributed by atoms with Gasteiger partial charge in [-0.2, -0.15) is 0 Å². The number of likely N-dealkylation sites (N-methyl/N-ethyl adjacent to an activating group) is 1. The first-order valence-electron chi connectivity index (χ1n) is 5.71. The molecule has 0 spiro atoms. The predicted molar refractivity (Wildman–Crippen MR) is 66.0 cm³/mol. The molecule has 1 unspecified atom stereocenters. The summed E-state index contributed by atoms with van der Waals surface area (Å²) in [4.78, 5) is 2.32. The summed E-state index contributed by atoms with van der Waals surface area (Å²) in [6, 6.07) is 4.27. The Hall–Kier alpha value is -0.870. The highest BCUT2D eigenvalue weighted by atomic mass is 35.5. The molecule has 0 aliphatic carbocycles. The lowest BCUT2D eigenvalue weighted by atomic mass is 10.0. The molecule has 4 nitrogen and oxygen atoms in total. The highest BCUT2D eigenvalue weighted by Crippen LogP contribution is 2.22. The topological polar surface area (TPSA) is 41.0 Å². The van der Waals surface area contributed by atoms with Gasteiger partial charge in [0.15, 0.2) is 11.0 Å². The fraction of sp³-hybridized carbons (Fsp3) is 0.636. The van der Waals surface area contributed by atoms with Crippen LogP contribution in [0.5, 0.6) is 0 Å². The standard InChI is InChI=1S/C11H17ClN4/c1-13-8-9-4-2-3-7-16(9)11-6-5-10(12)14-15-11/h5-6,9,13H,2-4,7-8H2,1H3. The first-order valence-corrected chi connectivity index (χ1v) is 6.09. The van der Waals surface area contributed by atoms with Crippen LogP contribution in [0.4, 0.5) is 5.82 Å². The van der Waals surface area contributed by atoms with Crippen LogP contribution in [0.25, 0.3) is 0 Å². The van der Waals surface area contributed by atoms with Crippen LogP contribution in [-0.4, -0.2) is 36.4 Å². The highest BCUT2D eigenvalue weighted by molar-refractivity contribution is 6.29. The quantitative estimate of drug-likeness (QED) is 0.874. The van der Waals surface area contributed by atoms with Crippen LogP contribution >= 0.6 is 11.6 Å². The van der Waals surface area contributed by atoms with Crippen molar-refractivity contribution in [1.82, 2.24) is 15.5 Å². The van der Waals surface area contributed by atoms with E-state index >= 15 is 0 Å². The van der Waals surface area contributed by atoms with Gasteiger partial charge in [-0.05, 0) is 38.4 Å². The van der Waals surface area contributed by atoms with Crippen LogP contribution in [-0.2, 0) is 0 Å². The molecule has 2 rings (SSSR count). The monoisotopic (exact) mass is 240 g/mol. The zero-order chi connectivity index (χ0) is 11.4. The smallest absolute Gasteiger partial charge is 0.151 e. The minimum atomic E-state index is 0.450. The summed E-state index contributed by atoms with van der Waals surface area (Å²) in [5.74, 6) is 0.935. The van der Waals surface area contributed by atoms with Crippen molar-refractivity contribution in [3.63, 3.8) is 0 Å². The first kappa shape index (κ1) is 11.6.